The van der Waals surface area contributed by atoms with E-state index in [9.17, 15) is 9.90 Å². The smallest absolute Gasteiger partial charge is 0.321 e. The Hall–Kier alpha value is -2.39. The van der Waals surface area contributed by atoms with Crippen LogP contribution in [0.2, 0.25) is 0 Å². The molecule has 2 aromatic carbocycles. The van der Waals surface area contributed by atoms with Crippen LogP contribution in [0.1, 0.15) is 30.5 Å². The molecule has 0 radical (unpaired) electrons. The van der Waals surface area contributed by atoms with Gasteiger partial charge in [-0.05, 0) is 23.1 Å². The summed E-state index contributed by atoms with van der Waals surface area (Å²) in [5, 5.41) is 12.4. The first-order valence-electron chi connectivity index (χ1n) is 7.85. The van der Waals surface area contributed by atoms with E-state index in [1.807, 2.05) is 74.5 Å². The maximum absolute atomic E-state index is 11.4. The van der Waals surface area contributed by atoms with E-state index in [-0.39, 0.29) is 6.04 Å². The van der Waals surface area contributed by atoms with E-state index >= 15 is 0 Å². The highest BCUT2D eigenvalue weighted by atomic mass is 16.4. The Morgan fingerprint density at radius 3 is 2.35 bits per heavy atom. The second kappa shape index (κ2) is 8.30. The number of benzene rings is 2. The largest absolute Gasteiger partial charge is 0.480 e. The van der Waals surface area contributed by atoms with Crippen molar-refractivity contribution in [2.75, 3.05) is 0 Å². The highest BCUT2D eigenvalue weighted by molar-refractivity contribution is 5.74. The summed E-state index contributed by atoms with van der Waals surface area (Å²) < 4.78 is 0. The van der Waals surface area contributed by atoms with Crippen molar-refractivity contribution >= 4 is 18.1 Å². The van der Waals surface area contributed by atoms with Crippen molar-refractivity contribution in [3.05, 3.63) is 71.3 Å². The lowest BCUT2D eigenvalue weighted by Gasteiger charge is -2.17. The summed E-state index contributed by atoms with van der Waals surface area (Å²) in [6, 6.07) is 17.7. The average Bonchev–Trinajstić information content (AvgIpc) is 2.53. The van der Waals surface area contributed by atoms with Gasteiger partial charge >= 0.3 is 5.97 Å². The SMILES string of the molecule is CC(C)NC(Cc1cccc(/C=C/c2ccccc2)c1)C(=O)O. The number of carbonyl (C=O) groups is 1. The molecule has 2 aromatic rings. The third kappa shape index (κ3) is 5.72. The molecule has 120 valence electrons. The first-order chi connectivity index (χ1) is 11.0. The predicted molar refractivity (Wildman–Crippen MR) is 95.2 cm³/mol. The van der Waals surface area contributed by atoms with E-state index in [4.69, 9.17) is 0 Å². The Labute approximate surface area is 137 Å². The molecule has 2 N–H and O–H groups in total. The second-order valence-electron chi connectivity index (χ2n) is 5.91. The molecule has 0 bridgehead atoms. The molecule has 1 atom stereocenters. The van der Waals surface area contributed by atoms with Crippen LogP contribution in [0.4, 0.5) is 0 Å². The Morgan fingerprint density at radius 2 is 1.70 bits per heavy atom. The topological polar surface area (TPSA) is 49.3 Å². The zero-order valence-electron chi connectivity index (χ0n) is 13.6. The van der Waals surface area contributed by atoms with Gasteiger partial charge in [-0.2, -0.15) is 0 Å². The Bertz CT molecular complexity index is 662. The number of aliphatic carboxylic acids is 1. The Kier molecular flexibility index (Phi) is 6.12. The monoisotopic (exact) mass is 309 g/mol. The van der Waals surface area contributed by atoms with Crippen LogP contribution in [0.3, 0.4) is 0 Å². The molecule has 0 amide bonds. The fourth-order valence-electron chi connectivity index (χ4n) is 2.44. The van der Waals surface area contributed by atoms with E-state index in [2.05, 4.69) is 11.4 Å². The number of nitrogens with one attached hydrogen (secondary N) is 1. The van der Waals surface area contributed by atoms with E-state index in [0.29, 0.717) is 6.42 Å². The third-order valence-corrected chi connectivity index (χ3v) is 3.49. The number of rotatable bonds is 7. The molecule has 0 saturated carbocycles. The third-order valence-electron chi connectivity index (χ3n) is 3.49. The number of carboxylic acids is 1. The van der Waals surface area contributed by atoms with Crippen molar-refractivity contribution in [3.8, 4) is 0 Å². The molecular weight excluding hydrogens is 286 g/mol. The van der Waals surface area contributed by atoms with Gasteiger partial charge in [-0.1, -0.05) is 80.6 Å². The molecule has 0 fully saturated rings. The minimum atomic E-state index is -0.816. The van der Waals surface area contributed by atoms with E-state index in [0.717, 1.165) is 16.7 Å². The van der Waals surface area contributed by atoms with Crippen LogP contribution in [-0.4, -0.2) is 23.2 Å². The van der Waals surface area contributed by atoms with Crippen LogP contribution in [-0.2, 0) is 11.2 Å². The second-order valence-corrected chi connectivity index (χ2v) is 5.91. The summed E-state index contributed by atoms with van der Waals surface area (Å²) in [4.78, 5) is 11.4. The molecule has 0 aliphatic carbocycles. The van der Waals surface area contributed by atoms with E-state index < -0.39 is 12.0 Å². The van der Waals surface area contributed by atoms with Gasteiger partial charge in [-0.15, -0.1) is 0 Å². The summed E-state index contributed by atoms with van der Waals surface area (Å²) in [7, 11) is 0. The van der Waals surface area contributed by atoms with Crippen molar-refractivity contribution in [2.24, 2.45) is 0 Å². The molecule has 0 aliphatic heterocycles. The van der Waals surface area contributed by atoms with Crippen LogP contribution < -0.4 is 5.32 Å². The molecule has 1 unspecified atom stereocenters. The standard InChI is InChI=1S/C20H23NO2/c1-15(2)21-19(20(22)23)14-18-10-6-9-17(13-18)12-11-16-7-4-3-5-8-16/h3-13,15,19,21H,14H2,1-2H3,(H,22,23)/b12-11+. The molecule has 0 aliphatic rings. The van der Waals surface area contributed by atoms with Crippen molar-refractivity contribution in [1.29, 1.82) is 0 Å². The van der Waals surface area contributed by atoms with Crippen molar-refractivity contribution in [1.82, 2.24) is 5.32 Å². The van der Waals surface area contributed by atoms with Crippen LogP contribution >= 0.6 is 0 Å². The van der Waals surface area contributed by atoms with Crippen LogP contribution in [0.25, 0.3) is 12.2 Å². The van der Waals surface area contributed by atoms with Gasteiger partial charge in [-0.3, -0.25) is 4.79 Å². The van der Waals surface area contributed by atoms with Gasteiger partial charge < -0.3 is 10.4 Å². The van der Waals surface area contributed by atoms with Gasteiger partial charge in [0.25, 0.3) is 0 Å². The summed E-state index contributed by atoms with van der Waals surface area (Å²) in [6.45, 7) is 3.91. The van der Waals surface area contributed by atoms with Gasteiger partial charge in [-0.25, -0.2) is 0 Å². The fourth-order valence-corrected chi connectivity index (χ4v) is 2.44. The van der Waals surface area contributed by atoms with Crippen molar-refractivity contribution in [2.45, 2.75) is 32.4 Å². The number of hydrogen-bond acceptors (Lipinski definition) is 2. The number of carboxylic acid groups (broad SMARTS) is 1. The lowest BCUT2D eigenvalue weighted by molar-refractivity contribution is -0.139. The van der Waals surface area contributed by atoms with Gasteiger partial charge in [0.15, 0.2) is 0 Å². The van der Waals surface area contributed by atoms with E-state index in [1.54, 1.807) is 0 Å². The summed E-state index contributed by atoms with van der Waals surface area (Å²) in [5.41, 5.74) is 3.23. The van der Waals surface area contributed by atoms with Crippen LogP contribution in [0, 0.1) is 0 Å². The molecule has 0 heterocycles. The lowest BCUT2D eigenvalue weighted by atomic mass is 10.0. The molecule has 3 heteroatoms. The predicted octanol–water partition coefficient (Wildman–Crippen LogP) is 3.85. The first kappa shape index (κ1) is 17.0. The highest BCUT2D eigenvalue weighted by Gasteiger charge is 2.18. The highest BCUT2D eigenvalue weighted by Crippen LogP contribution is 2.12. The normalized spacial score (nSPS) is 12.7. The molecule has 3 nitrogen and oxygen atoms in total. The van der Waals surface area contributed by atoms with Gasteiger partial charge in [0, 0.05) is 6.04 Å². The Balaban J connectivity index is 2.10. The molecule has 23 heavy (non-hydrogen) atoms. The minimum absolute atomic E-state index is 0.136. The summed E-state index contributed by atoms with van der Waals surface area (Å²) >= 11 is 0. The molecule has 0 aromatic heterocycles. The minimum Gasteiger partial charge on any atom is -0.480 e. The van der Waals surface area contributed by atoms with Crippen molar-refractivity contribution < 1.29 is 9.90 Å². The Morgan fingerprint density at radius 1 is 1.04 bits per heavy atom. The lowest BCUT2D eigenvalue weighted by Crippen LogP contribution is -2.42. The van der Waals surface area contributed by atoms with Crippen LogP contribution in [0.15, 0.2) is 54.6 Å². The van der Waals surface area contributed by atoms with Gasteiger partial charge in [0.05, 0.1) is 0 Å². The van der Waals surface area contributed by atoms with E-state index in [1.165, 1.54) is 0 Å². The molecule has 2 rings (SSSR count). The van der Waals surface area contributed by atoms with Crippen molar-refractivity contribution in [3.63, 3.8) is 0 Å². The average molecular weight is 309 g/mol. The van der Waals surface area contributed by atoms with Gasteiger partial charge in [0.2, 0.25) is 0 Å². The molecule has 0 saturated heterocycles. The maximum Gasteiger partial charge on any atom is 0.321 e. The van der Waals surface area contributed by atoms with Gasteiger partial charge in [0.1, 0.15) is 6.04 Å². The first-order valence-corrected chi connectivity index (χ1v) is 7.85. The number of hydrogen-bond donors (Lipinski definition) is 2. The summed E-state index contributed by atoms with van der Waals surface area (Å²) in [6.07, 6.45) is 4.57. The zero-order valence-corrected chi connectivity index (χ0v) is 13.6. The molecular formula is C20H23NO2. The molecule has 0 spiro atoms. The quantitative estimate of drug-likeness (QED) is 0.764. The fraction of sp³-hybridized carbons (Fsp3) is 0.250. The maximum atomic E-state index is 11.4. The van der Waals surface area contributed by atoms with Crippen LogP contribution in [0.5, 0.6) is 0 Å². The zero-order chi connectivity index (χ0) is 16.7. The summed E-state index contributed by atoms with van der Waals surface area (Å²) in [5.74, 6) is -0.816.